The van der Waals surface area contributed by atoms with Gasteiger partial charge in [0.05, 0.1) is 17.7 Å². The van der Waals surface area contributed by atoms with Crippen molar-refractivity contribution in [2.45, 2.75) is 38.5 Å². The van der Waals surface area contributed by atoms with Crippen LogP contribution in [0.4, 0.5) is 0 Å². The first kappa shape index (κ1) is 14.4. The number of hydrogen-bond donors (Lipinski definition) is 0. The van der Waals surface area contributed by atoms with Gasteiger partial charge in [-0.25, -0.2) is 0 Å². The fourth-order valence-electron chi connectivity index (χ4n) is 2.97. The molecular weight excluding hydrogens is 244 g/mol. The third-order valence-corrected chi connectivity index (χ3v) is 4.26. The van der Waals surface area contributed by atoms with Crippen LogP contribution in [0.15, 0.2) is 36.4 Å². The van der Waals surface area contributed by atoms with Crippen LogP contribution in [-0.2, 0) is 6.42 Å². The molecule has 1 aliphatic rings. The molecule has 102 valence electrons. The number of benzene rings is 1. The van der Waals surface area contributed by atoms with Gasteiger partial charge in [0, 0.05) is 6.08 Å². The molecule has 0 N–H and O–H groups in total. The van der Waals surface area contributed by atoms with Gasteiger partial charge in [0.25, 0.3) is 0 Å². The van der Waals surface area contributed by atoms with Crippen molar-refractivity contribution < 1.29 is 0 Å². The first-order valence-electron chi connectivity index (χ1n) is 7.37. The number of nitriles is 2. The van der Waals surface area contributed by atoms with Gasteiger partial charge in [-0.2, -0.15) is 10.5 Å². The summed E-state index contributed by atoms with van der Waals surface area (Å²) in [6, 6.07) is 12.2. The molecule has 0 aliphatic heterocycles. The molecule has 0 spiro atoms. The maximum atomic E-state index is 8.77. The molecule has 0 aromatic heterocycles. The lowest BCUT2D eigenvalue weighted by Gasteiger charge is -2.26. The van der Waals surface area contributed by atoms with E-state index in [1.165, 1.54) is 37.7 Å². The van der Waals surface area contributed by atoms with Crippen LogP contribution in [0.25, 0.3) is 0 Å². The van der Waals surface area contributed by atoms with Crippen molar-refractivity contribution in [3.8, 4) is 12.1 Å². The van der Waals surface area contributed by atoms with E-state index in [2.05, 4.69) is 30.3 Å². The predicted molar refractivity (Wildman–Crippen MR) is 79.7 cm³/mol. The highest BCUT2D eigenvalue weighted by atomic mass is 14.3. The Bertz CT molecular complexity index is 520. The molecule has 0 saturated heterocycles. The predicted octanol–water partition coefficient (Wildman–Crippen LogP) is 4.38. The van der Waals surface area contributed by atoms with E-state index in [1.807, 2.05) is 12.1 Å². The summed E-state index contributed by atoms with van der Waals surface area (Å²) >= 11 is 0. The Morgan fingerprint density at radius 3 is 2.35 bits per heavy atom. The molecule has 0 heterocycles. The lowest BCUT2D eigenvalue weighted by atomic mass is 9.79. The lowest BCUT2D eigenvalue weighted by Crippen LogP contribution is -2.13. The van der Waals surface area contributed by atoms with E-state index in [1.54, 1.807) is 6.08 Å². The first-order valence-corrected chi connectivity index (χ1v) is 7.37. The van der Waals surface area contributed by atoms with E-state index in [9.17, 15) is 0 Å². The average Bonchev–Trinajstić information content (AvgIpc) is 2.52. The van der Waals surface area contributed by atoms with Gasteiger partial charge >= 0.3 is 0 Å². The van der Waals surface area contributed by atoms with Crippen LogP contribution < -0.4 is 0 Å². The molecule has 1 aliphatic carbocycles. The van der Waals surface area contributed by atoms with Crippen molar-refractivity contribution in [1.29, 1.82) is 10.5 Å². The van der Waals surface area contributed by atoms with Crippen molar-refractivity contribution in [2.24, 2.45) is 11.8 Å². The third-order valence-electron chi connectivity index (χ3n) is 4.26. The van der Waals surface area contributed by atoms with Crippen LogP contribution in [0.1, 0.15) is 43.2 Å². The van der Waals surface area contributed by atoms with E-state index < -0.39 is 0 Å². The second kappa shape index (κ2) is 7.51. The quantitative estimate of drug-likeness (QED) is 0.758. The summed E-state index contributed by atoms with van der Waals surface area (Å²) in [7, 11) is 0. The number of hydrogen-bond acceptors (Lipinski definition) is 2. The number of nitrogens with zero attached hydrogens (tertiary/aromatic N) is 2. The van der Waals surface area contributed by atoms with Gasteiger partial charge in [-0.3, -0.25) is 0 Å². The Kier molecular flexibility index (Phi) is 5.39. The maximum Gasteiger partial charge on any atom is 0.0991 e. The van der Waals surface area contributed by atoms with Crippen LogP contribution in [0, 0.1) is 34.5 Å². The molecule has 1 aromatic carbocycles. The van der Waals surface area contributed by atoms with Crippen LogP contribution in [-0.4, -0.2) is 0 Å². The monoisotopic (exact) mass is 264 g/mol. The largest absolute Gasteiger partial charge is 0.193 e. The van der Waals surface area contributed by atoms with Crippen LogP contribution in [0.2, 0.25) is 0 Å². The fourth-order valence-corrected chi connectivity index (χ4v) is 2.97. The molecule has 1 saturated carbocycles. The summed E-state index contributed by atoms with van der Waals surface area (Å²) in [6.45, 7) is 0. The number of allylic oxidation sites excluding steroid dienone is 2. The van der Waals surface area contributed by atoms with Crippen molar-refractivity contribution in [1.82, 2.24) is 0 Å². The molecule has 2 heteroatoms. The second-order valence-corrected chi connectivity index (χ2v) is 5.62. The fraction of sp³-hybridized carbons (Fsp3) is 0.444. The summed E-state index contributed by atoms with van der Waals surface area (Å²) in [5.74, 6) is 1.43. The van der Waals surface area contributed by atoms with Gasteiger partial charge in [0.2, 0.25) is 0 Å². The highest BCUT2D eigenvalue weighted by Gasteiger charge is 2.19. The summed E-state index contributed by atoms with van der Waals surface area (Å²) in [6.07, 6.45) is 11.0. The molecular formula is C18H20N2. The maximum absolute atomic E-state index is 8.77. The molecule has 2 rings (SSSR count). The number of aryl methyl sites for hydroxylation is 1. The Morgan fingerprint density at radius 1 is 1.05 bits per heavy atom. The van der Waals surface area contributed by atoms with Crippen molar-refractivity contribution in [3.05, 3.63) is 47.5 Å². The van der Waals surface area contributed by atoms with Gasteiger partial charge in [-0.05, 0) is 68.1 Å². The summed E-state index contributed by atoms with van der Waals surface area (Å²) < 4.78 is 0. The lowest BCUT2D eigenvalue weighted by molar-refractivity contribution is 0.296. The van der Waals surface area contributed by atoms with Gasteiger partial charge < -0.3 is 0 Å². The molecule has 1 fully saturated rings. The molecule has 1 aromatic rings. The first-order chi connectivity index (χ1) is 9.81. The zero-order valence-corrected chi connectivity index (χ0v) is 11.8. The van der Waals surface area contributed by atoms with Gasteiger partial charge in [0.15, 0.2) is 0 Å². The SMILES string of the molecule is N#C/C=C/[C@H]1CC[C@H](CCc2ccc(C#N)cc2)CC1. The summed E-state index contributed by atoms with van der Waals surface area (Å²) in [5, 5.41) is 17.3. The Labute approximate surface area is 121 Å². The zero-order chi connectivity index (χ0) is 14.2. The highest BCUT2D eigenvalue weighted by Crippen LogP contribution is 2.32. The Morgan fingerprint density at radius 2 is 1.75 bits per heavy atom. The van der Waals surface area contributed by atoms with Crippen LogP contribution >= 0.6 is 0 Å². The minimum absolute atomic E-state index is 0.612. The van der Waals surface area contributed by atoms with Crippen molar-refractivity contribution in [3.63, 3.8) is 0 Å². The van der Waals surface area contributed by atoms with E-state index in [-0.39, 0.29) is 0 Å². The second-order valence-electron chi connectivity index (χ2n) is 5.62. The minimum Gasteiger partial charge on any atom is -0.193 e. The van der Waals surface area contributed by atoms with E-state index in [0.29, 0.717) is 5.92 Å². The molecule has 0 amide bonds. The topological polar surface area (TPSA) is 47.6 Å². The Hall–Kier alpha value is -2.06. The number of rotatable bonds is 4. The highest BCUT2D eigenvalue weighted by molar-refractivity contribution is 5.31. The molecule has 0 unspecified atom stereocenters. The Balaban J connectivity index is 1.74. The van der Waals surface area contributed by atoms with E-state index >= 15 is 0 Å². The molecule has 0 radical (unpaired) electrons. The van der Waals surface area contributed by atoms with Gasteiger partial charge in [-0.1, -0.05) is 18.2 Å². The molecule has 0 atom stereocenters. The van der Waals surface area contributed by atoms with Crippen LogP contribution in [0.3, 0.4) is 0 Å². The van der Waals surface area contributed by atoms with Crippen molar-refractivity contribution >= 4 is 0 Å². The smallest absolute Gasteiger partial charge is 0.0991 e. The van der Waals surface area contributed by atoms with E-state index in [4.69, 9.17) is 10.5 Å². The van der Waals surface area contributed by atoms with Gasteiger partial charge in [0.1, 0.15) is 0 Å². The van der Waals surface area contributed by atoms with E-state index in [0.717, 1.165) is 17.9 Å². The standard InChI is InChI=1S/C18H20N2/c19-13-1-2-15-3-5-16(6-4-15)7-8-17-9-11-18(14-20)12-10-17/h1-2,9-12,15-16H,3-8H2/b2-1+/t15-,16-. The summed E-state index contributed by atoms with van der Waals surface area (Å²) in [5.41, 5.74) is 2.06. The zero-order valence-electron chi connectivity index (χ0n) is 11.8. The molecule has 20 heavy (non-hydrogen) atoms. The van der Waals surface area contributed by atoms with Crippen LogP contribution in [0.5, 0.6) is 0 Å². The van der Waals surface area contributed by atoms with Gasteiger partial charge in [-0.15, -0.1) is 0 Å². The third kappa shape index (κ3) is 4.25. The molecule has 2 nitrogen and oxygen atoms in total. The normalized spacial score (nSPS) is 22.3. The minimum atomic E-state index is 0.612. The average molecular weight is 264 g/mol. The summed E-state index contributed by atoms with van der Waals surface area (Å²) in [4.78, 5) is 0. The van der Waals surface area contributed by atoms with Crippen molar-refractivity contribution in [2.75, 3.05) is 0 Å². The molecule has 0 bridgehead atoms.